The SMILES string of the molecule is CSc1nc(Cl)c(C#N)c(-c2cncc(OCc3ccccc3)c2)n1. The van der Waals surface area contributed by atoms with Gasteiger partial charge in [-0.05, 0) is 17.9 Å². The molecule has 3 aromatic rings. The highest BCUT2D eigenvalue weighted by atomic mass is 35.5. The van der Waals surface area contributed by atoms with Gasteiger partial charge in [0.05, 0.1) is 11.9 Å². The zero-order chi connectivity index (χ0) is 17.6. The summed E-state index contributed by atoms with van der Waals surface area (Å²) in [5.41, 5.74) is 2.38. The summed E-state index contributed by atoms with van der Waals surface area (Å²) in [5, 5.41) is 10.00. The van der Waals surface area contributed by atoms with Crippen molar-refractivity contribution in [2.24, 2.45) is 0 Å². The highest BCUT2D eigenvalue weighted by molar-refractivity contribution is 7.98. The second kappa shape index (κ2) is 7.97. The van der Waals surface area contributed by atoms with Gasteiger partial charge in [-0.2, -0.15) is 5.26 Å². The number of nitrogens with zero attached hydrogens (tertiary/aromatic N) is 4. The van der Waals surface area contributed by atoms with Crippen LogP contribution in [-0.2, 0) is 6.61 Å². The van der Waals surface area contributed by atoms with E-state index in [4.69, 9.17) is 16.3 Å². The monoisotopic (exact) mass is 368 g/mol. The highest BCUT2D eigenvalue weighted by Crippen LogP contribution is 2.29. The maximum atomic E-state index is 9.37. The number of ether oxygens (including phenoxy) is 1. The Morgan fingerprint density at radius 2 is 2.00 bits per heavy atom. The third-order valence-electron chi connectivity index (χ3n) is 3.37. The van der Waals surface area contributed by atoms with E-state index in [1.807, 2.05) is 36.6 Å². The molecule has 5 nitrogen and oxygen atoms in total. The minimum atomic E-state index is 0.132. The van der Waals surface area contributed by atoms with Gasteiger partial charge in [0.25, 0.3) is 0 Å². The molecule has 0 spiro atoms. The van der Waals surface area contributed by atoms with Crippen LogP contribution >= 0.6 is 23.4 Å². The van der Waals surface area contributed by atoms with E-state index in [1.165, 1.54) is 11.8 Å². The summed E-state index contributed by atoms with van der Waals surface area (Å²) >= 11 is 7.46. The average Bonchev–Trinajstić information content (AvgIpc) is 2.66. The van der Waals surface area contributed by atoms with Crippen LogP contribution in [0, 0.1) is 11.3 Å². The number of nitriles is 1. The van der Waals surface area contributed by atoms with Crippen molar-refractivity contribution in [3.63, 3.8) is 0 Å². The third kappa shape index (κ3) is 4.08. The van der Waals surface area contributed by atoms with Crippen molar-refractivity contribution < 1.29 is 4.74 Å². The van der Waals surface area contributed by atoms with E-state index in [-0.39, 0.29) is 10.7 Å². The molecule has 0 bridgehead atoms. The Balaban J connectivity index is 1.91. The van der Waals surface area contributed by atoms with Gasteiger partial charge in [0.1, 0.15) is 24.0 Å². The minimum Gasteiger partial charge on any atom is -0.487 e. The quantitative estimate of drug-likeness (QED) is 0.378. The number of thioether (sulfide) groups is 1. The van der Waals surface area contributed by atoms with E-state index in [0.29, 0.717) is 28.8 Å². The largest absolute Gasteiger partial charge is 0.487 e. The lowest BCUT2D eigenvalue weighted by Crippen LogP contribution is -1.99. The molecule has 0 unspecified atom stereocenters. The van der Waals surface area contributed by atoms with Gasteiger partial charge >= 0.3 is 0 Å². The molecule has 0 N–H and O–H groups in total. The highest BCUT2D eigenvalue weighted by Gasteiger charge is 2.15. The maximum absolute atomic E-state index is 9.37. The maximum Gasteiger partial charge on any atom is 0.189 e. The van der Waals surface area contributed by atoms with Crippen molar-refractivity contribution in [1.29, 1.82) is 5.26 Å². The lowest BCUT2D eigenvalue weighted by Gasteiger charge is -2.09. The van der Waals surface area contributed by atoms with Crippen LogP contribution in [0.15, 0.2) is 53.9 Å². The minimum absolute atomic E-state index is 0.132. The van der Waals surface area contributed by atoms with Gasteiger partial charge < -0.3 is 4.74 Å². The molecule has 0 saturated heterocycles. The molecule has 0 aliphatic carbocycles. The lowest BCUT2D eigenvalue weighted by molar-refractivity contribution is 0.305. The lowest BCUT2D eigenvalue weighted by atomic mass is 10.1. The molecule has 0 aliphatic heterocycles. The van der Waals surface area contributed by atoms with Crippen LogP contribution in [0.4, 0.5) is 0 Å². The van der Waals surface area contributed by atoms with E-state index in [1.54, 1.807) is 18.5 Å². The van der Waals surface area contributed by atoms with Crippen LogP contribution in [0.2, 0.25) is 5.15 Å². The van der Waals surface area contributed by atoms with Crippen LogP contribution in [-0.4, -0.2) is 21.2 Å². The number of aromatic nitrogens is 3. The molecular formula is C18H13ClN4OS. The summed E-state index contributed by atoms with van der Waals surface area (Å²) in [6.07, 6.45) is 5.09. The van der Waals surface area contributed by atoms with Gasteiger partial charge in [-0.3, -0.25) is 4.98 Å². The summed E-state index contributed by atoms with van der Waals surface area (Å²) in [4.78, 5) is 12.7. The molecule has 1 aromatic carbocycles. The topological polar surface area (TPSA) is 71.7 Å². The van der Waals surface area contributed by atoms with Gasteiger partial charge in [0, 0.05) is 11.8 Å². The van der Waals surface area contributed by atoms with Crippen LogP contribution in [0.25, 0.3) is 11.3 Å². The number of hydrogen-bond acceptors (Lipinski definition) is 6. The Bertz CT molecular complexity index is 928. The van der Waals surface area contributed by atoms with Crippen molar-refractivity contribution in [1.82, 2.24) is 15.0 Å². The van der Waals surface area contributed by atoms with Gasteiger partial charge in [-0.15, -0.1) is 0 Å². The number of halogens is 1. The van der Waals surface area contributed by atoms with Crippen LogP contribution in [0.3, 0.4) is 0 Å². The van der Waals surface area contributed by atoms with Gasteiger partial charge in [-0.1, -0.05) is 53.7 Å². The smallest absolute Gasteiger partial charge is 0.189 e. The average molecular weight is 369 g/mol. The van der Waals surface area contributed by atoms with Crippen LogP contribution in [0.1, 0.15) is 11.1 Å². The number of pyridine rings is 1. The zero-order valence-corrected chi connectivity index (χ0v) is 14.9. The van der Waals surface area contributed by atoms with Crippen molar-refractivity contribution in [3.8, 4) is 23.1 Å². The van der Waals surface area contributed by atoms with Gasteiger partial charge in [0.15, 0.2) is 10.3 Å². The van der Waals surface area contributed by atoms with Crippen LogP contribution < -0.4 is 4.74 Å². The molecule has 3 rings (SSSR count). The summed E-state index contributed by atoms with van der Waals surface area (Å²) in [7, 11) is 0. The first kappa shape index (κ1) is 17.2. The summed E-state index contributed by atoms with van der Waals surface area (Å²) < 4.78 is 5.79. The van der Waals surface area contributed by atoms with Crippen molar-refractivity contribution >= 4 is 23.4 Å². The second-order valence-electron chi connectivity index (χ2n) is 5.02. The van der Waals surface area contributed by atoms with Crippen LogP contribution in [0.5, 0.6) is 5.75 Å². The second-order valence-corrected chi connectivity index (χ2v) is 6.15. The van der Waals surface area contributed by atoms with Crippen molar-refractivity contribution in [3.05, 3.63) is 65.1 Å². The molecule has 0 aliphatic rings. The van der Waals surface area contributed by atoms with Gasteiger partial charge in [0.2, 0.25) is 0 Å². The molecule has 2 heterocycles. The predicted molar refractivity (Wildman–Crippen MR) is 97.5 cm³/mol. The van der Waals surface area contributed by atoms with E-state index < -0.39 is 0 Å². The van der Waals surface area contributed by atoms with E-state index in [0.717, 1.165) is 5.56 Å². The summed E-state index contributed by atoms with van der Waals surface area (Å²) in [6, 6.07) is 13.7. The third-order valence-corrected chi connectivity index (χ3v) is 4.19. The Morgan fingerprint density at radius 3 is 2.72 bits per heavy atom. The van der Waals surface area contributed by atoms with E-state index in [9.17, 15) is 5.26 Å². The summed E-state index contributed by atoms with van der Waals surface area (Å²) in [5.74, 6) is 0.589. The standard InChI is InChI=1S/C18H13ClN4OS/c1-25-18-22-16(15(8-20)17(19)23-18)13-7-14(10-21-9-13)24-11-12-5-3-2-4-6-12/h2-7,9-10H,11H2,1H3. The number of rotatable bonds is 5. The predicted octanol–water partition coefficient (Wildman–Crippen LogP) is 4.36. The molecule has 0 amide bonds. The number of benzene rings is 1. The summed E-state index contributed by atoms with van der Waals surface area (Å²) in [6.45, 7) is 0.428. The van der Waals surface area contributed by atoms with Crippen molar-refractivity contribution in [2.75, 3.05) is 6.26 Å². The first-order valence-corrected chi connectivity index (χ1v) is 8.95. The molecule has 124 valence electrons. The molecule has 0 fully saturated rings. The molecule has 7 heteroatoms. The Hall–Kier alpha value is -2.62. The fraction of sp³-hybridized carbons (Fsp3) is 0.111. The Labute approximate surface area is 154 Å². The first-order valence-electron chi connectivity index (χ1n) is 7.35. The molecule has 0 atom stereocenters. The van der Waals surface area contributed by atoms with E-state index in [2.05, 4.69) is 21.0 Å². The molecular weight excluding hydrogens is 356 g/mol. The zero-order valence-electron chi connectivity index (χ0n) is 13.3. The van der Waals surface area contributed by atoms with E-state index >= 15 is 0 Å². The molecule has 0 radical (unpaired) electrons. The molecule has 2 aromatic heterocycles. The fourth-order valence-electron chi connectivity index (χ4n) is 2.18. The van der Waals surface area contributed by atoms with Crippen molar-refractivity contribution in [2.45, 2.75) is 11.8 Å². The molecule has 0 saturated carbocycles. The Morgan fingerprint density at radius 1 is 1.20 bits per heavy atom. The Kier molecular flexibility index (Phi) is 5.49. The fourth-order valence-corrected chi connectivity index (χ4v) is 2.81. The first-order chi connectivity index (χ1) is 12.2. The normalized spacial score (nSPS) is 10.3. The van der Waals surface area contributed by atoms with Gasteiger partial charge in [-0.25, -0.2) is 9.97 Å². The molecule has 25 heavy (non-hydrogen) atoms. The number of hydrogen-bond donors (Lipinski definition) is 0.